The van der Waals surface area contributed by atoms with E-state index in [2.05, 4.69) is 15.0 Å². The van der Waals surface area contributed by atoms with Crippen molar-refractivity contribution in [2.24, 2.45) is 5.11 Å². The van der Waals surface area contributed by atoms with Crippen LogP contribution in [0.15, 0.2) is 22.2 Å². The van der Waals surface area contributed by atoms with E-state index in [0.29, 0.717) is 0 Å². The molecule has 1 fully saturated rings. The van der Waals surface area contributed by atoms with Crippen molar-refractivity contribution in [2.75, 3.05) is 19.5 Å². The molecule has 11 heteroatoms. The van der Waals surface area contributed by atoms with Crippen molar-refractivity contribution in [3.63, 3.8) is 0 Å². The van der Waals surface area contributed by atoms with Crippen LogP contribution in [0.4, 0.5) is 10.2 Å². The van der Waals surface area contributed by atoms with Gasteiger partial charge in [0.25, 0.3) is 0 Å². The van der Waals surface area contributed by atoms with Crippen molar-refractivity contribution in [3.8, 4) is 0 Å². The third-order valence-corrected chi connectivity index (χ3v) is 3.05. The van der Waals surface area contributed by atoms with Crippen molar-refractivity contribution in [3.05, 3.63) is 33.2 Å². The van der Waals surface area contributed by atoms with Crippen LogP contribution < -0.4 is 11.4 Å². The van der Waals surface area contributed by atoms with Crippen molar-refractivity contribution < 1.29 is 19.0 Å². The fourth-order valence-corrected chi connectivity index (χ4v) is 2.09. The van der Waals surface area contributed by atoms with Crippen LogP contribution in [0, 0.1) is 0 Å². The number of aromatic nitrogens is 2. The van der Waals surface area contributed by atoms with Gasteiger partial charge in [0.15, 0.2) is 12.4 Å². The zero-order valence-electron chi connectivity index (χ0n) is 11.0. The number of methoxy groups -OCH3 is 1. The number of nitrogen functional groups attached to an aromatic ring is 1. The van der Waals surface area contributed by atoms with E-state index in [0.717, 1.165) is 4.57 Å². The second-order valence-corrected chi connectivity index (χ2v) is 4.41. The number of aliphatic hydroxyl groups is 1. The summed E-state index contributed by atoms with van der Waals surface area (Å²) in [6.07, 6.45) is -4.16. The molecule has 1 aliphatic rings. The molecule has 0 amide bonds. The van der Waals surface area contributed by atoms with Gasteiger partial charge in [-0.25, -0.2) is 9.18 Å². The van der Waals surface area contributed by atoms with Gasteiger partial charge in [-0.05, 0) is 11.6 Å². The average Bonchev–Trinajstić information content (AvgIpc) is 2.66. The van der Waals surface area contributed by atoms with Gasteiger partial charge in [0.2, 0.25) is 5.72 Å². The lowest BCUT2D eigenvalue weighted by atomic mass is 10.1. The van der Waals surface area contributed by atoms with Crippen molar-refractivity contribution in [1.29, 1.82) is 0 Å². The Kier molecular flexibility index (Phi) is 4.09. The van der Waals surface area contributed by atoms with E-state index < -0.39 is 29.9 Å². The first-order valence-corrected chi connectivity index (χ1v) is 5.85. The normalized spacial score (nSPS) is 31.9. The Hall–Kier alpha value is -2.20. The van der Waals surface area contributed by atoms with Crippen LogP contribution in [0.2, 0.25) is 0 Å². The van der Waals surface area contributed by atoms with Gasteiger partial charge in [-0.15, -0.1) is 0 Å². The zero-order chi connectivity index (χ0) is 15.6. The molecule has 10 nitrogen and oxygen atoms in total. The fourth-order valence-electron chi connectivity index (χ4n) is 2.09. The summed E-state index contributed by atoms with van der Waals surface area (Å²) in [6, 6.07) is 1.27. The minimum Gasteiger partial charge on any atom is -0.387 e. The number of nitrogens with zero attached hydrogens (tertiary/aromatic N) is 5. The number of ether oxygens (including phenoxy) is 2. The predicted octanol–water partition coefficient (Wildman–Crippen LogP) is -0.294. The predicted molar refractivity (Wildman–Crippen MR) is 67.7 cm³/mol. The van der Waals surface area contributed by atoms with E-state index in [1.54, 1.807) is 0 Å². The molecule has 1 aromatic heterocycles. The summed E-state index contributed by atoms with van der Waals surface area (Å²) < 4.78 is 25.1. The van der Waals surface area contributed by atoms with Gasteiger partial charge in [0.1, 0.15) is 11.9 Å². The van der Waals surface area contributed by atoms with Gasteiger partial charge < -0.3 is 20.3 Å². The molecule has 2 rings (SSSR count). The van der Waals surface area contributed by atoms with Gasteiger partial charge in [0, 0.05) is 18.2 Å². The van der Waals surface area contributed by atoms with Crippen LogP contribution in [0.25, 0.3) is 10.4 Å². The smallest absolute Gasteiger partial charge is 0.351 e. The topological polar surface area (TPSA) is 148 Å². The lowest BCUT2D eigenvalue weighted by molar-refractivity contribution is -0.131. The summed E-state index contributed by atoms with van der Waals surface area (Å²) in [7, 11) is 1.27. The Balaban J connectivity index is 2.43. The molecule has 0 radical (unpaired) electrons. The number of aliphatic hydroxyl groups excluding tert-OH is 1. The Morgan fingerprint density at radius 1 is 1.81 bits per heavy atom. The number of anilines is 1. The minimum absolute atomic E-state index is 0.0385. The van der Waals surface area contributed by atoms with Crippen LogP contribution in [0.1, 0.15) is 6.23 Å². The van der Waals surface area contributed by atoms with Crippen molar-refractivity contribution >= 4 is 5.82 Å². The molecule has 2 heterocycles. The molecule has 0 unspecified atom stereocenters. The molecule has 0 saturated carbocycles. The monoisotopic (exact) mass is 300 g/mol. The first kappa shape index (κ1) is 15.2. The molecule has 3 N–H and O–H groups in total. The number of azide groups is 1. The molecular weight excluding hydrogens is 287 g/mol. The SMILES string of the molecule is COC[C@@]1(N=[N+]=[N-])O[C@@H](n2ccc(N)nc2=O)[C@H](F)[C@@H]1O. The summed E-state index contributed by atoms with van der Waals surface area (Å²) in [5.41, 5.74) is 11.1. The number of nitrogens with two attached hydrogens (primary N) is 1. The third kappa shape index (κ3) is 2.54. The minimum atomic E-state index is -2.02. The van der Waals surface area contributed by atoms with E-state index in [1.165, 1.54) is 19.4 Å². The first-order chi connectivity index (χ1) is 9.95. The number of rotatable bonds is 4. The molecule has 0 spiro atoms. The maximum absolute atomic E-state index is 14.3. The van der Waals surface area contributed by atoms with Crippen molar-refractivity contribution in [2.45, 2.75) is 24.2 Å². The Morgan fingerprint density at radius 2 is 2.52 bits per heavy atom. The maximum atomic E-state index is 14.3. The third-order valence-electron chi connectivity index (χ3n) is 3.05. The van der Waals surface area contributed by atoms with E-state index in [1.807, 2.05) is 0 Å². The first-order valence-electron chi connectivity index (χ1n) is 5.85. The summed E-state index contributed by atoms with van der Waals surface area (Å²) >= 11 is 0. The Bertz CT molecular complexity index is 632. The lowest BCUT2D eigenvalue weighted by Gasteiger charge is -2.25. The average molecular weight is 300 g/mol. The largest absolute Gasteiger partial charge is 0.387 e. The molecule has 4 atom stereocenters. The fraction of sp³-hybridized carbons (Fsp3) is 0.600. The number of hydrogen-bond acceptors (Lipinski definition) is 7. The summed E-state index contributed by atoms with van der Waals surface area (Å²) in [4.78, 5) is 17.7. The Labute approximate surface area is 117 Å². The van der Waals surface area contributed by atoms with Crippen LogP contribution in [0.5, 0.6) is 0 Å². The maximum Gasteiger partial charge on any atom is 0.351 e. The highest BCUT2D eigenvalue weighted by Gasteiger charge is 2.56. The molecule has 0 aliphatic carbocycles. The standard InChI is InChI=1S/C10H13FN6O4/c1-20-4-10(15-16-13)7(18)6(11)8(21-10)17-3-2-5(12)14-9(17)19/h2-3,6-8,18H,4H2,1H3,(H2,12,14,19)/t6-,7+,8-,10-/m1/s1. The Morgan fingerprint density at radius 3 is 3.10 bits per heavy atom. The number of halogens is 1. The molecule has 1 aliphatic heterocycles. The molecule has 114 valence electrons. The summed E-state index contributed by atoms with van der Waals surface area (Å²) in [6.45, 7) is -0.383. The summed E-state index contributed by atoms with van der Waals surface area (Å²) in [5, 5.41) is 13.2. The van der Waals surface area contributed by atoms with Gasteiger partial charge in [-0.3, -0.25) is 4.57 Å². The number of alkyl halides is 1. The zero-order valence-corrected chi connectivity index (χ0v) is 11.0. The van der Waals surface area contributed by atoms with Gasteiger partial charge in [0.05, 0.1) is 6.61 Å². The van der Waals surface area contributed by atoms with Gasteiger partial charge in [-0.2, -0.15) is 4.98 Å². The molecule has 21 heavy (non-hydrogen) atoms. The van der Waals surface area contributed by atoms with E-state index in [-0.39, 0.29) is 12.4 Å². The van der Waals surface area contributed by atoms with Gasteiger partial charge in [-0.1, -0.05) is 5.11 Å². The van der Waals surface area contributed by atoms with Crippen LogP contribution in [-0.4, -0.2) is 46.4 Å². The molecule has 0 bridgehead atoms. The highest BCUT2D eigenvalue weighted by Crippen LogP contribution is 2.39. The van der Waals surface area contributed by atoms with E-state index in [9.17, 15) is 14.3 Å². The van der Waals surface area contributed by atoms with Crippen LogP contribution in [-0.2, 0) is 9.47 Å². The van der Waals surface area contributed by atoms with Crippen molar-refractivity contribution in [1.82, 2.24) is 9.55 Å². The molecular formula is C10H13FN6O4. The second-order valence-electron chi connectivity index (χ2n) is 4.41. The lowest BCUT2D eigenvalue weighted by Crippen LogP contribution is -2.43. The molecule has 0 aromatic carbocycles. The summed E-state index contributed by atoms with van der Waals surface area (Å²) in [5.74, 6) is -0.0385. The molecule has 1 saturated heterocycles. The van der Waals surface area contributed by atoms with Crippen LogP contribution in [0.3, 0.4) is 0 Å². The highest BCUT2D eigenvalue weighted by molar-refractivity contribution is 5.23. The highest BCUT2D eigenvalue weighted by atomic mass is 19.1. The van der Waals surface area contributed by atoms with Gasteiger partial charge >= 0.3 is 5.69 Å². The van der Waals surface area contributed by atoms with E-state index >= 15 is 0 Å². The quantitative estimate of drug-likeness (QED) is 0.443. The molecule has 1 aromatic rings. The second kappa shape index (κ2) is 5.66. The van der Waals surface area contributed by atoms with E-state index in [4.69, 9.17) is 20.7 Å². The van der Waals surface area contributed by atoms with Crippen LogP contribution >= 0.6 is 0 Å². The number of hydrogen-bond donors (Lipinski definition) is 2.